The third-order valence-corrected chi connectivity index (χ3v) is 3.10. The lowest BCUT2D eigenvalue weighted by atomic mass is 10.1. The predicted molar refractivity (Wildman–Crippen MR) is 73.7 cm³/mol. The zero-order valence-corrected chi connectivity index (χ0v) is 11.5. The van der Waals surface area contributed by atoms with E-state index >= 15 is 0 Å². The minimum Gasteiger partial charge on any atom is -0.396 e. The molecule has 0 bridgehead atoms. The Kier molecular flexibility index (Phi) is 6.76. The summed E-state index contributed by atoms with van der Waals surface area (Å²) in [6, 6.07) is 7.34. The van der Waals surface area contributed by atoms with E-state index in [1.54, 1.807) is 17.0 Å². The maximum atomic E-state index is 11.9. The molecular formula is C14H20ClNO2. The van der Waals surface area contributed by atoms with Crippen LogP contribution in [0.25, 0.3) is 0 Å². The number of aliphatic hydroxyl groups is 1. The van der Waals surface area contributed by atoms with Gasteiger partial charge in [0.15, 0.2) is 0 Å². The topological polar surface area (TPSA) is 40.5 Å². The minimum absolute atomic E-state index is 0.112. The molecule has 0 atom stereocenters. The second-order valence-electron chi connectivity index (χ2n) is 4.40. The molecule has 0 saturated heterocycles. The summed E-state index contributed by atoms with van der Waals surface area (Å²) in [6.07, 6.45) is 3.10. The van der Waals surface area contributed by atoms with Crippen molar-refractivity contribution < 1.29 is 9.90 Å². The van der Waals surface area contributed by atoms with Crippen molar-refractivity contribution in [3.63, 3.8) is 0 Å². The van der Waals surface area contributed by atoms with Gasteiger partial charge in [0.25, 0.3) is 0 Å². The summed E-state index contributed by atoms with van der Waals surface area (Å²) in [5.41, 5.74) is 0.978. The number of nitrogens with zero attached hydrogens (tertiary/aromatic N) is 1. The maximum Gasteiger partial charge on any atom is 0.226 e. The maximum absolute atomic E-state index is 11.9. The summed E-state index contributed by atoms with van der Waals surface area (Å²) in [5, 5.41) is 9.35. The lowest BCUT2D eigenvalue weighted by Gasteiger charge is -2.17. The molecule has 0 spiro atoms. The van der Waals surface area contributed by atoms with Crippen LogP contribution < -0.4 is 0 Å². The van der Waals surface area contributed by atoms with Gasteiger partial charge >= 0.3 is 0 Å². The Bertz CT molecular complexity index is 365. The Balaban J connectivity index is 2.33. The fraction of sp³-hybridized carbons (Fsp3) is 0.500. The second kappa shape index (κ2) is 8.11. The van der Waals surface area contributed by atoms with Gasteiger partial charge in [-0.1, -0.05) is 23.7 Å². The molecule has 18 heavy (non-hydrogen) atoms. The Morgan fingerprint density at radius 1 is 1.22 bits per heavy atom. The van der Waals surface area contributed by atoms with Gasteiger partial charge in [-0.05, 0) is 37.0 Å². The molecule has 1 rings (SSSR count). The van der Waals surface area contributed by atoms with Crippen LogP contribution in [0.3, 0.4) is 0 Å². The van der Waals surface area contributed by atoms with Crippen molar-refractivity contribution in [2.75, 3.05) is 20.2 Å². The summed E-state index contributed by atoms with van der Waals surface area (Å²) in [6.45, 7) is 0.967. The first-order chi connectivity index (χ1) is 8.63. The van der Waals surface area contributed by atoms with E-state index in [1.165, 1.54) is 0 Å². The molecular weight excluding hydrogens is 250 g/mol. The summed E-state index contributed by atoms with van der Waals surface area (Å²) in [5.74, 6) is 0.112. The molecule has 4 heteroatoms. The molecule has 0 aliphatic rings. The van der Waals surface area contributed by atoms with Gasteiger partial charge in [-0.2, -0.15) is 0 Å². The Morgan fingerprint density at radius 2 is 1.89 bits per heavy atom. The number of hydrogen-bond acceptors (Lipinski definition) is 2. The second-order valence-corrected chi connectivity index (χ2v) is 4.84. The van der Waals surface area contributed by atoms with E-state index in [2.05, 4.69) is 0 Å². The molecule has 3 nitrogen and oxygen atoms in total. The van der Waals surface area contributed by atoms with Crippen molar-refractivity contribution in [2.24, 2.45) is 0 Å². The molecule has 1 aromatic carbocycles. The molecule has 0 unspecified atom stereocenters. The largest absolute Gasteiger partial charge is 0.396 e. The highest BCUT2D eigenvalue weighted by Crippen LogP contribution is 2.10. The Morgan fingerprint density at radius 3 is 2.50 bits per heavy atom. The van der Waals surface area contributed by atoms with E-state index in [0.717, 1.165) is 31.4 Å². The fourth-order valence-electron chi connectivity index (χ4n) is 1.67. The Hall–Kier alpha value is -1.06. The molecule has 0 radical (unpaired) electrons. The number of carbonyl (C=O) groups is 1. The van der Waals surface area contributed by atoms with Crippen molar-refractivity contribution in [2.45, 2.75) is 25.7 Å². The van der Waals surface area contributed by atoms with Gasteiger partial charge in [0.2, 0.25) is 5.91 Å². The average Bonchev–Trinajstić information content (AvgIpc) is 2.37. The SMILES string of the molecule is CN(CCCCCO)C(=O)Cc1ccc(Cl)cc1. The molecule has 0 aromatic heterocycles. The normalized spacial score (nSPS) is 10.4. The van der Waals surface area contributed by atoms with Gasteiger partial charge in [0.05, 0.1) is 6.42 Å². The highest BCUT2D eigenvalue weighted by Gasteiger charge is 2.09. The first-order valence-electron chi connectivity index (χ1n) is 6.22. The highest BCUT2D eigenvalue weighted by molar-refractivity contribution is 6.30. The molecule has 0 aliphatic heterocycles. The number of rotatable bonds is 7. The monoisotopic (exact) mass is 269 g/mol. The lowest BCUT2D eigenvalue weighted by molar-refractivity contribution is -0.129. The number of likely N-dealkylation sites (N-methyl/N-ethyl adjacent to an activating group) is 1. The zero-order chi connectivity index (χ0) is 13.4. The number of benzene rings is 1. The Labute approximate surface area is 113 Å². The fourth-order valence-corrected chi connectivity index (χ4v) is 1.80. The standard InChI is InChI=1S/C14H20ClNO2/c1-16(9-3-2-4-10-17)14(18)11-12-5-7-13(15)8-6-12/h5-8,17H,2-4,9-11H2,1H3. The molecule has 0 fully saturated rings. The molecule has 0 saturated carbocycles. The van der Waals surface area contributed by atoms with Crippen molar-refractivity contribution >= 4 is 17.5 Å². The van der Waals surface area contributed by atoms with E-state index in [0.29, 0.717) is 11.4 Å². The average molecular weight is 270 g/mol. The first kappa shape index (κ1) is 15.0. The van der Waals surface area contributed by atoms with E-state index in [9.17, 15) is 4.79 Å². The summed E-state index contributed by atoms with van der Waals surface area (Å²) in [7, 11) is 1.82. The van der Waals surface area contributed by atoms with Crippen LogP contribution in [0.15, 0.2) is 24.3 Å². The number of carbonyl (C=O) groups excluding carboxylic acids is 1. The van der Waals surface area contributed by atoms with E-state index in [-0.39, 0.29) is 12.5 Å². The van der Waals surface area contributed by atoms with Gasteiger partial charge in [-0.15, -0.1) is 0 Å². The van der Waals surface area contributed by atoms with Crippen LogP contribution in [0.1, 0.15) is 24.8 Å². The lowest BCUT2D eigenvalue weighted by Crippen LogP contribution is -2.29. The third-order valence-electron chi connectivity index (χ3n) is 2.85. The minimum atomic E-state index is 0.112. The van der Waals surface area contributed by atoms with Gasteiger partial charge in [0.1, 0.15) is 0 Å². The van der Waals surface area contributed by atoms with Crippen molar-refractivity contribution in [1.29, 1.82) is 0 Å². The van der Waals surface area contributed by atoms with Crippen LogP contribution in [-0.4, -0.2) is 36.1 Å². The smallest absolute Gasteiger partial charge is 0.226 e. The number of aliphatic hydroxyl groups excluding tert-OH is 1. The van der Waals surface area contributed by atoms with Crippen molar-refractivity contribution in [1.82, 2.24) is 4.90 Å². The molecule has 0 heterocycles. The predicted octanol–water partition coefficient (Wildman–Crippen LogP) is 2.50. The molecule has 0 aliphatic carbocycles. The summed E-state index contributed by atoms with van der Waals surface area (Å²) in [4.78, 5) is 13.6. The van der Waals surface area contributed by atoms with Crippen LogP contribution in [0, 0.1) is 0 Å². The quantitative estimate of drug-likeness (QED) is 0.773. The van der Waals surface area contributed by atoms with Crippen molar-refractivity contribution in [3.8, 4) is 0 Å². The van der Waals surface area contributed by atoms with Crippen LogP contribution in [0.4, 0.5) is 0 Å². The van der Waals surface area contributed by atoms with Crippen LogP contribution in [-0.2, 0) is 11.2 Å². The first-order valence-corrected chi connectivity index (χ1v) is 6.60. The van der Waals surface area contributed by atoms with Crippen molar-refractivity contribution in [3.05, 3.63) is 34.9 Å². The molecule has 1 N–H and O–H groups in total. The van der Waals surface area contributed by atoms with E-state index < -0.39 is 0 Å². The van der Waals surface area contributed by atoms with E-state index in [4.69, 9.17) is 16.7 Å². The van der Waals surface area contributed by atoms with E-state index in [1.807, 2.05) is 19.2 Å². The molecule has 1 aromatic rings. The van der Waals surface area contributed by atoms with Crippen LogP contribution >= 0.6 is 11.6 Å². The zero-order valence-electron chi connectivity index (χ0n) is 10.7. The summed E-state index contributed by atoms with van der Waals surface area (Å²) < 4.78 is 0. The summed E-state index contributed by atoms with van der Waals surface area (Å²) >= 11 is 5.79. The third kappa shape index (κ3) is 5.52. The molecule has 100 valence electrons. The van der Waals surface area contributed by atoms with Gasteiger partial charge in [-0.25, -0.2) is 0 Å². The molecule has 1 amide bonds. The number of halogens is 1. The van der Waals surface area contributed by atoms with Gasteiger partial charge in [0, 0.05) is 25.2 Å². The van der Waals surface area contributed by atoms with Crippen LogP contribution in [0.2, 0.25) is 5.02 Å². The van der Waals surface area contributed by atoms with Crippen LogP contribution in [0.5, 0.6) is 0 Å². The highest BCUT2D eigenvalue weighted by atomic mass is 35.5. The van der Waals surface area contributed by atoms with Gasteiger partial charge < -0.3 is 10.0 Å². The number of hydrogen-bond donors (Lipinski definition) is 1. The number of amides is 1. The van der Waals surface area contributed by atoms with Gasteiger partial charge in [-0.3, -0.25) is 4.79 Å². The number of unbranched alkanes of at least 4 members (excludes halogenated alkanes) is 2.